The van der Waals surface area contributed by atoms with Gasteiger partial charge in [0.05, 0.1) is 0 Å². The molecule has 1 N–H and O–H groups in total. The Morgan fingerprint density at radius 3 is 1.69 bits per heavy atom. The van der Waals surface area contributed by atoms with Crippen molar-refractivity contribution in [2.75, 3.05) is 0 Å². The Bertz CT molecular complexity index is 287. The fourth-order valence-corrected chi connectivity index (χ4v) is 1.38. The van der Waals surface area contributed by atoms with E-state index >= 15 is 0 Å². The highest BCUT2D eigenvalue weighted by Gasteiger charge is 2.40. The number of rotatable bonds is 2. The molecule has 1 aromatic rings. The van der Waals surface area contributed by atoms with Crippen molar-refractivity contribution < 1.29 is 10.1 Å². The zero-order valence-corrected chi connectivity index (χ0v) is 11.2. The lowest BCUT2D eigenvalue weighted by Crippen LogP contribution is -2.39. The van der Waals surface area contributed by atoms with Gasteiger partial charge in [-0.1, -0.05) is 65.0 Å². The minimum Gasteiger partial charge on any atom is -0.251 e. The maximum absolute atomic E-state index is 9.07. The predicted octanol–water partition coefficient (Wildman–Crippen LogP) is 4.46. The molecule has 0 saturated heterocycles. The van der Waals surface area contributed by atoms with E-state index in [-0.39, 0.29) is 5.41 Å². The SMILES string of the molecule is CC.CC(C)(C)C(C)(OO)c1ccccc1. The highest BCUT2D eigenvalue weighted by atomic mass is 17.1. The van der Waals surface area contributed by atoms with Gasteiger partial charge in [-0.25, -0.2) is 4.89 Å². The van der Waals surface area contributed by atoms with Crippen LogP contribution in [-0.2, 0) is 10.5 Å². The van der Waals surface area contributed by atoms with E-state index in [0.29, 0.717) is 0 Å². The van der Waals surface area contributed by atoms with Crippen LogP contribution < -0.4 is 0 Å². The lowest BCUT2D eigenvalue weighted by molar-refractivity contribution is -0.350. The van der Waals surface area contributed by atoms with Crippen molar-refractivity contribution in [2.45, 2.75) is 47.1 Å². The third-order valence-electron chi connectivity index (χ3n) is 2.94. The van der Waals surface area contributed by atoms with Gasteiger partial charge in [0.2, 0.25) is 0 Å². The van der Waals surface area contributed by atoms with Gasteiger partial charge in [0.25, 0.3) is 0 Å². The molecule has 92 valence electrons. The third-order valence-corrected chi connectivity index (χ3v) is 2.94. The second-order valence-corrected chi connectivity index (χ2v) is 4.74. The highest BCUT2D eigenvalue weighted by molar-refractivity contribution is 5.23. The minimum atomic E-state index is -0.672. The maximum Gasteiger partial charge on any atom is 0.130 e. The topological polar surface area (TPSA) is 29.5 Å². The molecule has 0 bridgehead atoms. The molecule has 1 atom stereocenters. The standard InChI is InChI=1S/C12H18O2.C2H6/c1-11(2,3)12(4,14-13)10-8-6-5-7-9-10;1-2/h5-9,13H,1-4H3;1-2H3. The van der Waals surface area contributed by atoms with Gasteiger partial charge in [0, 0.05) is 0 Å². The van der Waals surface area contributed by atoms with Crippen molar-refractivity contribution in [1.82, 2.24) is 0 Å². The van der Waals surface area contributed by atoms with Crippen LogP contribution >= 0.6 is 0 Å². The molecule has 0 fully saturated rings. The Balaban J connectivity index is 0.00000106. The van der Waals surface area contributed by atoms with E-state index in [1.807, 2.05) is 71.9 Å². The van der Waals surface area contributed by atoms with Gasteiger partial charge in [-0.3, -0.25) is 5.26 Å². The summed E-state index contributed by atoms with van der Waals surface area (Å²) < 4.78 is 0. The van der Waals surface area contributed by atoms with E-state index in [2.05, 4.69) is 4.89 Å². The normalized spacial score (nSPS) is 14.7. The predicted molar refractivity (Wildman–Crippen MR) is 68.3 cm³/mol. The molecular formula is C14H24O2. The first-order chi connectivity index (χ1) is 7.42. The van der Waals surface area contributed by atoms with Gasteiger partial charge in [-0.2, -0.15) is 0 Å². The number of hydrogen-bond acceptors (Lipinski definition) is 2. The molecule has 0 aliphatic heterocycles. The van der Waals surface area contributed by atoms with Crippen molar-refractivity contribution >= 4 is 0 Å². The van der Waals surface area contributed by atoms with Crippen molar-refractivity contribution in [1.29, 1.82) is 0 Å². The summed E-state index contributed by atoms with van der Waals surface area (Å²) in [5.41, 5.74) is 0.146. The summed E-state index contributed by atoms with van der Waals surface area (Å²) in [6.45, 7) is 12.0. The van der Waals surface area contributed by atoms with Crippen LogP contribution in [0.1, 0.15) is 47.1 Å². The largest absolute Gasteiger partial charge is 0.251 e. The third kappa shape index (κ3) is 3.06. The smallest absolute Gasteiger partial charge is 0.130 e. The van der Waals surface area contributed by atoms with E-state index in [1.54, 1.807) is 0 Å². The zero-order valence-electron chi connectivity index (χ0n) is 11.2. The summed E-state index contributed by atoms with van der Waals surface area (Å²) in [4.78, 5) is 4.69. The van der Waals surface area contributed by atoms with E-state index in [0.717, 1.165) is 5.56 Å². The molecule has 1 aromatic carbocycles. The number of hydrogen-bond donors (Lipinski definition) is 1. The van der Waals surface area contributed by atoms with Gasteiger partial charge < -0.3 is 0 Å². The molecule has 0 aliphatic carbocycles. The van der Waals surface area contributed by atoms with Gasteiger partial charge in [0.1, 0.15) is 5.60 Å². The fraction of sp³-hybridized carbons (Fsp3) is 0.571. The van der Waals surface area contributed by atoms with E-state index in [9.17, 15) is 0 Å². The maximum atomic E-state index is 9.07. The molecule has 0 amide bonds. The molecular weight excluding hydrogens is 200 g/mol. The van der Waals surface area contributed by atoms with Crippen LogP contribution in [0.25, 0.3) is 0 Å². The summed E-state index contributed by atoms with van der Waals surface area (Å²) in [7, 11) is 0. The van der Waals surface area contributed by atoms with Crippen LogP contribution in [0.2, 0.25) is 0 Å². The van der Waals surface area contributed by atoms with Gasteiger partial charge in [-0.05, 0) is 17.9 Å². The van der Waals surface area contributed by atoms with E-state index < -0.39 is 5.60 Å². The monoisotopic (exact) mass is 224 g/mol. The van der Waals surface area contributed by atoms with E-state index in [1.165, 1.54) is 0 Å². The Morgan fingerprint density at radius 1 is 0.938 bits per heavy atom. The Kier molecular flexibility index (Phi) is 5.70. The van der Waals surface area contributed by atoms with Crippen molar-refractivity contribution in [3.8, 4) is 0 Å². The fourth-order valence-electron chi connectivity index (χ4n) is 1.38. The molecule has 2 nitrogen and oxygen atoms in total. The minimum absolute atomic E-state index is 0.164. The Hall–Kier alpha value is -0.860. The second kappa shape index (κ2) is 6.02. The lowest BCUT2D eigenvalue weighted by Gasteiger charge is -2.39. The molecule has 16 heavy (non-hydrogen) atoms. The first-order valence-corrected chi connectivity index (χ1v) is 5.80. The van der Waals surface area contributed by atoms with Crippen molar-refractivity contribution in [3.63, 3.8) is 0 Å². The van der Waals surface area contributed by atoms with Crippen LogP contribution in [0.15, 0.2) is 30.3 Å². The van der Waals surface area contributed by atoms with Gasteiger partial charge in [0.15, 0.2) is 0 Å². The Morgan fingerprint density at radius 2 is 1.38 bits per heavy atom. The molecule has 1 unspecified atom stereocenters. The quantitative estimate of drug-likeness (QED) is 0.593. The van der Waals surface area contributed by atoms with E-state index in [4.69, 9.17) is 5.26 Å². The first kappa shape index (κ1) is 15.1. The molecule has 1 rings (SSSR count). The second-order valence-electron chi connectivity index (χ2n) is 4.74. The summed E-state index contributed by atoms with van der Waals surface area (Å²) in [5.74, 6) is 0. The lowest BCUT2D eigenvalue weighted by atomic mass is 9.73. The zero-order chi connectivity index (χ0) is 12.8. The van der Waals surface area contributed by atoms with Crippen LogP contribution in [0.3, 0.4) is 0 Å². The molecule has 0 aromatic heterocycles. The summed E-state index contributed by atoms with van der Waals surface area (Å²) >= 11 is 0. The molecule has 0 spiro atoms. The molecule has 2 heteroatoms. The summed E-state index contributed by atoms with van der Waals surface area (Å²) in [6.07, 6.45) is 0. The first-order valence-electron chi connectivity index (χ1n) is 5.80. The number of benzene rings is 1. The van der Waals surface area contributed by atoms with Gasteiger partial charge in [-0.15, -0.1) is 0 Å². The van der Waals surface area contributed by atoms with Gasteiger partial charge >= 0.3 is 0 Å². The summed E-state index contributed by atoms with van der Waals surface area (Å²) in [6, 6.07) is 9.75. The molecule has 0 heterocycles. The molecule has 0 radical (unpaired) electrons. The molecule has 0 saturated carbocycles. The van der Waals surface area contributed by atoms with Crippen molar-refractivity contribution in [3.05, 3.63) is 35.9 Å². The summed E-state index contributed by atoms with van der Waals surface area (Å²) in [5, 5.41) is 9.07. The van der Waals surface area contributed by atoms with Crippen LogP contribution in [0.5, 0.6) is 0 Å². The average Bonchev–Trinajstić information content (AvgIpc) is 2.30. The van der Waals surface area contributed by atoms with Crippen LogP contribution in [0.4, 0.5) is 0 Å². The molecule has 0 aliphatic rings. The average molecular weight is 224 g/mol. The van der Waals surface area contributed by atoms with Crippen molar-refractivity contribution in [2.24, 2.45) is 5.41 Å². The highest BCUT2D eigenvalue weighted by Crippen LogP contribution is 2.41. The van der Waals surface area contributed by atoms with Crippen LogP contribution in [0, 0.1) is 5.41 Å². The van der Waals surface area contributed by atoms with Crippen LogP contribution in [-0.4, -0.2) is 5.26 Å². The Labute approximate surface area is 99.2 Å².